The van der Waals surface area contributed by atoms with Gasteiger partial charge in [0.25, 0.3) is 0 Å². The maximum absolute atomic E-state index is 5.92. The highest BCUT2D eigenvalue weighted by molar-refractivity contribution is 7.22. The molecule has 1 unspecified atom stereocenters. The minimum Gasteiger partial charge on any atom is -0.384 e. The molecule has 5 heteroatoms. The van der Waals surface area contributed by atoms with Gasteiger partial charge in [0.15, 0.2) is 5.13 Å². The first-order valence-corrected chi connectivity index (χ1v) is 6.67. The SMILES string of the molecule is COCC(C)CNc1nc2cc(Cl)ccc2s1. The number of ether oxygens (including phenoxy) is 1. The first kappa shape index (κ1) is 12.6. The Balaban J connectivity index is 2.04. The first-order valence-electron chi connectivity index (χ1n) is 5.48. The van der Waals surface area contributed by atoms with Gasteiger partial charge in [0.2, 0.25) is 0 Å². The number of benzene rings is 1. The van der Waals surface area contributed by atoms with Gasteiger partial charge >= 0.3 is 0 Å². The van der Waals surface area contributed by atoms with E-state index in [1.54, 1.807) is 18.4 Å². The smallest absolute Gasteiger partial charge is 0.183 e. The van der Waals surface area contributed by atoms with E-state index in [9.17, 15) is 0 Å². The zero-order valence-corrected chi connectivity index (χ0v) is 11.4. The van der Waals surface area contributed by atoms with Gasteiger partial charge < -0.3 is 10.1 Å². The van der Waals surface area contributed by atoms with Crippen molar-refractivity contribution in [2.24, 2.45) is 5.92 Å². The Labute approximate surface area is 110 Å². The molecular weight excluding hydrogens is 256 g/mol. The van der Waals surface area contributed by atoms with Crippen LogP contribution in [-0.2, 0) is 4.74 Å². The number of nitrogens with one attached hydrogen (secondary N) is 1. The van der Waals surface area contributed by atoms with E-state index in [1.807, 2.05) is 18.2 Å². The van der Waals surface area contributed by atoms with Gasteiger partial charge in [0.05, 0.1) is 16.8 Å². The lowest BCUT2D eigenvalue weighted by Gasteiger charge is -2.09. The highest BCUT2D eigenvalue weighted by Crippen LogP contribution is 2.27. The van der Waals surface area contributed by atoms with Crippen molar-refractivity contribution >= 4 is 38.3 Å². The third-order valence-electron chi connectivity index (χ3n) is 2.40. The molecule has 0 saturated carbocycles. The number of fused-ring (bicyclic) bond motifs is 1. The first-order chi connectivity index (χ1) is 8.19. The van der Waals surface area contributed by atoms with Crippen LogP contribution in [0.3, 0.4) is 0 Å². The number of anilines is 1. The third kappa shape index (κ3) is 3.31. The van der Waals surface area contributed by atoms with E-state index in [-0.39, 0.29) is 0 Å². The Kier molecular flexibility index (Phi) is 4.20. The van der Waals surface area contributed by atoms with Crippen LogP contribution in [-0.4, -0.2) is 25.2 Å². The van der Waals surface area contributed by atoms with Crippen molar-refractivity contribution in [3.63, 3.8) is 0 Å². The lowest BCUT2D eigenvalue weighted by Crippen LogP contribution is -2.15. The van der Waals surface area contributed by atoms with Crippen molar-refractivity contribution in [1.82, 2.24) is 4.98 Å². The van der Waals surface area contributed by atoms with Crippen LogP contribution in [0.4, 0.5) is 5.13 Å². The molecule has 0 aliphatic rings. The van der Waals surface area contributed by atoms with E-state index in [2.05, 4.69) is 17.2 Å². The van der Waals surface area contributed by atoms with E-state index in [0.29, 0.717) is 5.92 Å². The highest BCUT2D eigenvalue weighted by atomic mass is 35.5. The topological polar surface area (TPSA) is 34.1 Å². The van der Waals surface area contributed by atoms with Crippen LogP contribution in [0.25, 0.3) is 10.2 Å². The summed E-state index contributed by atoms with van der Waals surface area (Å²) in [6.45, 7) is 3.76. The van der Waals surface area contributed by atoms with Gasteiger partial charge in [-0.1, -0.05) is 29.9 Å². The molecule has 92 valence electrons. The molecule has 1 N–H and O–H groups in total. The van der Waals surface area contributed by atoms with Gasteiger partial charge in [-0.2, -0.15) is 0 Å². The number of hydrogen-bond donors (Lipinski definition) is 1. The molecule has 1 aromatic heterocycles. The number of aromatic nitrogens is 1. The third-order valence-corrected chi connectivity index (χ3v) is 3.63. The van der Waals surface area contributed by atoms with Crippen LogP contribution >= 0.6 is 22.9 Å². The van der Waals surface area contributed by atoms with E-state index in [1.165, 1.54) is 0 Å². The van der Waals surface area contributed by atoms with E-state index < -0.39 is 0 Å². The van der Waals surface area contributed by atoms with Crippen molar-refractivity contribution in [1.29, 1.82) is 0 Å². The lowest BCUT2D eigenvalue weighted by molar-refractivity contribution is 0.164. The average molecular weight is 271 g/mol. The predicted octanol–water partition coefficient (Wildman–Crippen LogP) is 3.64. The van der Waals surface area contributed by atoms with Crippen molar-refractivity contribution in [2.45, 2.75) is 6.92 Å². The summed E-state index contributed by atoms with van der Waals surface area (Å²) >= 11 is 7.57. The van der Waals surface area contributed by atoms with Gasteiger partial charge in [-0.15, -0.1) is 0 Å². The summed E-state index contributed by atoms with van der Waals surface area (Å²) < 4.78 is 6.24. The van der Waals surface area contributed by atoms with Crippen LogP contribution in [0, 0.1) is 5.92 Å². The Hall–Kier alpha value is -0.840. The zero-order chi connectivity index (χ0) is 12.3. The summed E-state index contributed by atoms with van der Waals surface area (Å²) in [5.74, 6) is 0.468. The molecule has 1 atom stereocenters. The second-order valence-electron chi connectivity index (χ2n) is 4.07. The summed E-state index contributed by atoms with van der Waals surface area (Å²) in [7, 11) is 1.72. The molecule has 0 saturated heterocycles. The number of rotatable bonds is 5. The van der Waals surface area contributed by atoms with Crippen molar-refractivity contribution in [3.05, 3.63) is 23.2 Å². The molecule has 3 nitrogen and oxygen atoms in total. The molecule has 0 aliphatic carbocycles. The number of nitrogens with zero attached hydrogens (tertiary/aromatic N) is 1. The molecule has 0 fully saturated rings. The molecule has 2 rings (SSSR count). The van der Waals surface area contributed by atoms with Gasteiger partial charge in [0.1, 0.15) is 0 Å². The number of thiazole rings is 1. The monoisotopic (exact) mass is 270 g/mol. The van der Waals surface area contributed by atoms with Gasteiger partial charge in [-0.3, -0.25) is 0 Å². The molecule has 1 aromatic carbocycles. The van der Waals surface area contributed by atoms with Crippen molar-refractivity contribution in [2.75, 3.05) is 25.6 Å². The largest absolute Gasteiger partial charge is 0.384 e. The van der Waals surface area contributed by atoms with Crippen LogP contribution in [0.5, 0.6) is 0 Å². The van der Waals surface area contributed by atoms with Crippen LogP contribution < -0.4 is 5.32 Å². The summed E-state index contributed by atoms with van der Waals surface area (Å²) in [5, 5.41) is 4.98. The maximum atomic E-state index is 5.92. The zero-order valence-electron chi connectivity index (χ0n) is 9.87. The molecule has 0 amide bonds. The maximum Gasteiger partial charge on any atom is 0.183 e. The quantitative estimate of drug-likeness (QED) is 0.901. The van der Waals surface area contributed by atoms with Gasteiger partial charge in [-0.25, -0.2) is 4.98 Å². The average Bonchev–Trinajstić information content (AvgIpc) is 2.68. The van der Waals surface area contributed by atoms with Crippen LogP contribution in [0.15, 0.2) is 18.2 Å². The van der Waals surface area contributed by atoms with E-state index >= 15 is 0 Å². The summed E-state index contributed by atoms with van der Waals surface area (Å²) in [6, 6.07) is 5.77. The number of halogens is 1. The van der Waals surface area contributed by atoms with Crippen molar-refractivity contribution in [3.8, 4) is 0 Å². The summed E-state index contributed by atoms with van der Waals surface area (Å²) in [4.78, 5) is 4.49. The van der Waals surface area contributed by atoms with Crippen LogP contribution in [0.2, 0.25) is 5.02 Å². The fraction of sp³-hybridized carbons (Fsp3) is 0.417. The minimum absolute atomic E-state index is 0.468. The normalized spacial score (nSPS) is 12.9. The Morgan fingerprint density at radius 3 is 3.12 bits per heavy atom. The van der Waals surface area contributed by atoms with Crippen molar-refractivity contribution < 1.29 is 4.74 Å². The second kappa shape index (κ2) is 5.67. The molecule has 1 heterocycles. The molecule has 0 bridgehead atoms. The summed E-state index contributed by atoms with van der Waals surface area (Å²) in [6.07, 6.45) is 0. The minimum atomic E-state index is 0.468. The summed E-state index contributed by atoms with van der Waals surface area (Å²) in [5.41, 5.74) is 0.949. The Bertz CT molecular complexity index is 500. The molecule has 0 spiro atoms. The molecule has 17 heavy (non-hydrogen) atoms. The lowest BCUT2D eigenvalue weighted by atomic mass is 10.2. The fourth-order valence-electron chi connectivity index (χ4n) is 1.58. The Morgan fingerprint density at radius 2 is 2.35 bits per heavy atom. The molecular formula is C12H15ClN2OS. The van der Waals surface area contributed by atoms with E-state index in [0.717, 1.165) is 33.5 Å². The molecule has 0 radical (unpaired) electrons. The highest BCUT2D eigenvalue weighted by Gasteiger charge is 2.06. The number of methoxy groups -OCH3 is 1. The standard InChI is InChI=1S/C12H15ClN2OS/c1-8(7-16-2)6-14-12-15-10-5-9(13)3-4-11(10)17-12/h3-5,8H,6-7H2,1-2H3,(H,14,15). The van der Waals surface area contributed by atoms with Gasteiger partial charge in [0, 0.05) is 18.7 Å². The van der Waals surface area contributed by atoms with Gasteiger partial charge in [-0.05, 0) is 24.1 Å². The predicted molar refractivity (Wildman–Crippen MR) is 74.2 cm³/mol. The molecule has 2 aromatic rings. The van der Waals surface area contributed by atoms with E-state index in [4.69, 9.17) is 16.3 Å². The fourth-order valence-corrected chi connectivity index (χ4v) is 2.60. The number of hydrogen-bond acceptors (Lipinski definition) is 4. The second-order valence-corrected chi connectivity index (χ2v) is 5.54. The van der Waals surface area contributed by atoms with Crippen LogP contribution in [0.1, 0.15) is 6.92 Å². The molecule has 0 aliphatic heterocycles. The Morgan fingerprint density at radius 1 is 1.53 bits per heavy atom.